The molecule has 0 N–H and O–H groups in total. The van der Waals surface area contributed by atoms with Crippen LogP contribution >= 0.6 is 12.2 Å². The van der Waals surface area contributed by atoms with Crippen LogP contribution in [0.25, 0.3) is 11.1 Å². The largest absolute Gasteiger partial charge is 0.429 e. The fourth-order valence-electron chi connectivity index (χ4n) is 1.24. The van der Waals surface area contributed by atoms with Gasteiger partial charge in [-0.3, -0.25) is 0 Å². The maximum atomic E-state index is 5.36. The lowest BCUT2D eigenvalue weighted by Gasteiger charge is -1.92. The summed E-state index contributed by atoms with van der Waals surface area (Å²) in [5.41, 5.74) is 3.10. The first kappa shape index (κ1) is 7.55. The first-order valence-corrected chi connectivity index (χ1v) is 4.15. The number of rotatable bonds is 0. The van der Waals surface area contributed by atoms with Crippen LogP contribution < -0.4 is 0 Å². The molecule has 0 bridgehead atoms. The van der Waals surface area contributed by atoms with Crippen molar-refractivity contribution in [3.8, 4) is 0 Å². The van der Waals surface area contributed by atoms with Crippen LogP contribution in [0.4, 0.5) is 0 Å². The maximum absolute atomic E-state index is 5.36. The van der Waals surface area contributed by atoms with Gasteiger partial charge in [-0.05, 0) is 36.8 Å². The lowest BCUT2D eigenvalue weighted by Crippen LogP contribution is -1.85. The third kappa shape index (κ3) is 0.975. The van der Waals surface area contributed by atoms with E-state index in [1.807, 2.05) is 36.7 Å². The monoisotopic (exact) mass is 179 g/mol. The quantitative estimate of drug-likeness (QED) is 0.579. The van der Waals surface area contributed by atoms with Crippen molar-refractivity contribution < 1.29 is 4.42 Å². The Kier molecular flexibility index (Phi) is 1.54. The first-order chi connectivity index (χ1) is 5.68. The lowest BCUT2D eigenvalue weighted by molar-refractivity contribution is 0.558. The highest BCUT2D eigenvalue weighted by Gasteiger charge is 2.01. The number of fused-ring (bicyclic) bond motifs is 1. The number of hydrogen-bond acceptors (Lipinski definition) is 2. The molecule has 0 unspecified atom stereocenters. The number of oxazole rings is 1. The zero-order valence-electron chi connectivity index (χ0n) is 7.00. The van der Waals surface area contributed by atoms with Gasteiger partial charge >= 0.3 is 0 Å². The van der Waals surface area contributed by atoms with Gasteiger partial charge in [0.1, 0.15) is 0 Å². The lowest BCUT2D eigenvalue weighted by atomic mass is 10.2. The van der Waals surface area contributed by atoms with Crippen molar-refractivity contribution in [1.82, 2.24) is 4.57 Å². The van der Waals surface area contributed by atoms with Gasteiger partial charge in [0.15, 0.2) is 5.58 Å². The zero-order chi connectivity index (χ0) is 8.72. The van der Waals surface area contributed by atoms with Gasteiger partial charge in [0, 0.05) is 7.05 Å². The summed E-state index contributed by atoms with van der Waals surface area (Å²) < 4.78 is 7.22. The summed E-state index contributed by atoms with van der Waals surface area (Å²) in [5.74, 6) is 0. The summed E-state index contributed by atoms with van der Waals surface area (Å²) in [6.07, 6.45) is 0. The molecule has 0 fully saturated rings. The topological polar surface area (TPSA) is 18.1 Å². The number of benzene rings is 1. The molecule has 2 rings (SSSR count). The van der Waals surface area contributed by atoms with Gasteiger partial charge in [-0.25, -0.2) is 0 Å². The maximum Gasteiger partial charge on any atom is 0.269 e. The minimum absolute atomic E-state index is 0.524. The molecule has 2 aromatic rings. The van der Waals surface area contributed by atoms with E-state index in [1.165, 1.54) is 5.56 Å². The molecule has 1 heterocycles. The van der Waals surface area contributed by atoms with Crippen LogP contribution in [0.15, 0.2) is 22.6 Å². The average molecular weight is 179 g/mol. The molecule has 0 spiro atoms. The molecule has 0 radical (unpaired) electrons. The Labute approximate surface area is 75.4 Å². The van der Waals surface area contributed by atoms with Gasteiger partial charge in [0.05, 0.1) is 5.52 Å². The molecule has 1 aromatic carbocycles. The van der Waals surface area contributed by atoms with Crippen LogP contribution in [0.3, 0.4) is 0 Å². The fraction of sp³-hybridized carbons (Fsp3) is 0.222. The van der Waals surface area contributed by atoms with Crippen molar-refractivity contribution in [1.29, 1.82) is 0 Å². The van der Waals surface area contributed by atoms with E-state index in [0.29, 0.717) is 4.84 Å². The van der Waals surface area contributed by atoms with Crippen molar-refractivity contribution in [2.75, 3.05) is 0 Å². The first-order valence-electron chi connectivity index (χ1n) is 3.74. The highest BCUT2D eigenvalue weighted by Crippen LogP contribution is 2.17. The van der Waals surface area contributed by atoms with Crippen LogP contribution in [-0.4, -0.2) is 4.57 Å². The SMILES string of the molecule is Cc1ccc2c(c1)oc(=S)n2C. The van der Waals surface area contributed by atoms with E-state index in [0.717, 1.165) is 11.1 Å². The van der Waals surface area contributed by atoms with E-state index in [-0.39, 0.29) is 0 Å². The van der Waals surface area contributed by atoms with Crippen LogP contribution in [0.1, 0.15) is 5.56 Å². The van der Waals surface area contributed by atoms with E-state index in [9.17, 15) is 0 Å². The Morgan fingerprint density at radius 1 is 1.42 bits per heavy atom. The molecule has 2 nitrogen and oxygen atoms in total. The normalized spacial score (nSPS) is 10.8. The second-order valence-corrected chi connectivity index (χ2v) is 3.25. The average Bonchev–Trinajstić information content (AvgIpc) is 2.28. The molecular weight excluding hydrogens is 170 g/mol. The Morgan fingerprint density at radius 2 is 2.17 bits per heavy atom. The predicted octanol–water partition coefficient (Wildman–Crippen LogP) is 2.81. The summed E-state index contributed by atoms with van der Waals surface area (Å²) in [7, 11) is 1.91. The van der Waals surface area contributed by atoms with Gasteiger partial charge in [0.25, 0.3) is 4.84 Å². The van der Waals surface area contributed by atoms with E-state index in [2.05, 4.69) is 0 Å². The molecule has 0 saturated heterocycles. The van der Waals surface area contributed by atoms with Crippen molar-refractivity contribution in [2.45, 2.75) is 6.92 Å². The Balaban J connectivity index is 2.96. The highest BCUT2D eigenvalue weighted by molar-refractivity contribution is 7.71. The second-order valence-electron chi connectivity index (χ2n) is 2.90. The van der Waals surface area contributed by atoms with Crippen LogP contribution in [0.5, 0.6) is 0 Å². The predicted molar refractivity (Wildman–Crippen MR) is 50.8 cm³/mol. The Hall–Kier alpha value is -1.09. The van der Waals surface area contributed by atoms with Gasteiger partial charge < -0.3 is 8.98 Å². The summed E-state index contributed by atoms with van der Waals surface area (Å²) >= 11 is 4.99. The van der Waals surface area contributed by atoms with Gasteiger partial charge in [-0.2, -0.15) is 0 Å². The standard InChI is InChI=1S/C9H9NOS/c1-6-3-4-7-8(5-6)11-9(12)10(7)2/h3-5H,1-2H3. The molecule has 0 aliphatic carbocycles. The van der Waals surface area contributed by atoms with Crippen molar-refractivity contribution in [3.05, 3.63) is 28.6 Å². The number of hydrogen-bond donors (Lipinski definition) is 0. The van der Waals surface area contributed by atoms with E-state index in [1.54, 1.807) is 0 Å². The van der Waals surface area contributed by atoms with Gasteiger partial charge in [0.2, 0.25) is 0 Å². The van der Waals surface area contributed by atoms with Crippen LogP contribution in [0.2, 0.25) is 0 Å². The smallest absolute Gasteiger partial charge is 0.269 e. The molecular formula is C9H9NOS. The van der Waals surface area contributed by atoms with E-state index >= 15 is 0 Å². The third-order valence-electron chi connectivity index (χ3n) is 1.95. The van der Waals surface area contributed by atoms with E-state index in [4.69, 9.17) is 16.6 Å². The van der Waals surface area contributed by atoms with Gasteiger partial charge in [-0.15, -0.1) is 0 Å². The molecule has 62 valence electrons. The Morgan fingerprint density at radius 3 is 2.92 bits per heavy atom. The van der Waals surface area contributed by atoms with Crippen molar-refractivity contribution >= 4 is 23.3 Å². The molecule has 1 aromatic heterocycles. The van der Waals surface area contributed by atoms with Gasteiger partial charge in [-0.1, -0.05) is 6.07 Å². The summed E-state index contributed by atoms with van der Waals surface area (Å²) in [6.45, 7) is 2.03. The van der Waals surface area contributed by atoms with Crippen LogP contribution in [0, 0.1) is 11.8 Å². The zero-order valence-corrected chi connectivity index (χ0v) is 7.81. The summed E-state index contributed by atoms with van der Waals surface area (Å²) in [4.78, 5) is 0.524. The molecule has 0 saturated carbocycles. The molecule has 3 heteroatoms. The van der Waals surface area contributed by atoms with Crippen molar-refractivity contribution in [2.24, 2.45) is 7.05 Å². The van der Waals surface area contributed by atoms with Crippen LogP contribution in [-0.2, 0) is 7.05 Å². The number of aromatic nitrogens is 1. The number of aryl methyl sites for hydroxylation is 2. The highest BCUT2D eigenvalue weighted by atomic mass is 32.1. The second kappa shape index (κ2) is 2.45. The molecule has 0 aliphatic rings. The number of nitrogens with zero attached hydrogens (tertiary/aromatic N) is 1. The van der Waals surface area contributed by atoms with Crippen molar-refractivity contribution in [3.63, 3.8) is 0 Å². The van der Waals surface area contributed by atoms with E-state index < -0.39 is 0 Å². The Bertz CT molecular complexity index is 481. The third-order valence-corrected chi connectivity index (χ3v) is 2.30. The minimum atomic E-state index is 0.524. The molecule has 0 amide bonds. The molecule has 0 aliphatic heterocycles. The molecule has 0 atom stereocenters. The molecule has 12 heavy (non-hydrogen) atoms. The minimum Gasteiger partial charge on any atom is -0.429 e. The summed E-state index contributed by atoms with van der Waals surface area (Å²) in [6, 6.07) is 6.06. The summed E-state index contributed by atoms with van der Waals surface area (Å²) in [5, 5.41) is 0. The fourth-order valence-corrected chi connectivity index (χ4v) is 1.43.